The molecule has 0 spiro atoms. The molecule has 3 heteroatoms. The Bertz CT molecular complexity index is 389. The number of rotatable bonds is 8. The molecule has 2 atom stereocenters. The van der Waals surface area contributed by atoms with Crippen molar-refractivity contribution in [1.82, 2.24) is 5.32 Å². The van der Waals surface area contributed by atoms with Gasteiger partial charge in [0.1, 0.15) is 0 Å². The molecule has 20 heavy (non-hydrogen) atoms. The third-order valence-electron chi connectivity index (χ3n) is 3.56. The Labute approximate surface area is 122 Å². The number of hydrogen-bond acceptors (Lipinski definition) is 2. The van der Waals surface area contributed by atoms with Crippen LogP contribution in [0.15, 0.2) is 30.3 Å². The van der Waals surface area contributed by atoms with Crippen LogP contribution in [0.4, 0.5) is 0 Å². The molecular weight excluding hydrogens is 248 g/mol. The fraction of sp³-hybridized carbons (Fsp3) is 0.588. The largest absolute Gasteiger partial charge is 0.349 e. The quantitative estimate of drug-likeness (QED) is 0.765. The van der Waals surface area contributed by atoms with E-state index < -0.39 is 0 Å². The maximum Gasteiger partial charge on any atom is 0.220 e. The van der Waals surface area contributed by atoms with Gasteiger partial charge in [-0.15, -0.1) is 0 Å². The van der Waals surface area contributed by atoms with Crippen LogP contribution < -0.4 is 11.1 Å². The standard InChI is InChI=1S/C17H28N2O/c1-4-16(15-8-6-5-7-9-15)19-17(20)11-14(12-18)10-13(2)3/h5-9,13-14,16H,4,10-12,18H2,1-3H3,(H,19,20). The number of nitrogens with one attached hydrogen (secondary N) is 1. The normalized spacial score (nSPS) is 14.1. The summed E-state index contributed by atoms with van der Waals surface area (Å²) in [5, 5.41) is 3.13. The van der Waals surface area contributed by atoms with Crippen LogP contribution in [0.5, 0.6) is 0 Å². The van der Waals surface area contributed by atoms with Crippen molar-refractivity contribution < 1.29 is 4.79 Å². The van der Waals surface area contributed by atoms with E-state index in [4.69, 9.17) is 5.73 Å². The molecule has 0 aromatic heterocycles. The Morgan fingerprint density at radius 1 is 1.25 bits per heavy atom. The molecule has 2 unspecified atom stereocenters. The zero-order valence-electron chi connectivity index (χ0n) is 12.9. The third-order valence-corrected chi connectivity index (χ3v) is 3.56. The summed E-state index contributed by atoms with van der Waals surface area (Å²) in [6, 6.07) is 10.2. The summed E-state index contributed by atoms with van der Waals surface area (Å²) in [5.41, 5.74) is 6.93. The van der Waals surface area contributed by atoms with E-state index in [0.29, 0.717) is 18.9 Å². The van der Waals surface area contributed by atoms with Gasteiger partial charge < -0.3 is 11.1 Å². The van der Waals surface area contributed by atoms with Crippen molar-refractivity contribution >= 4 is 5.91 Å². The molecule has 3 N–H and O–H groups in total. The zero-order valence-corrected chi connectivity index (χ0v) is 12.9. The van der Waals surface area contributed by atoms with Gasteiger partial charge in [0.25, 0.3) is 0 Å². The number of amides is 1. The summed E-state index contributed by atoms with van der Waals surface area (Å²) in [4.78, 5) is 12.2. The van der Waals surface area contributed by atoms with Gasteiger partial charge in [0.15, 0.2) is 0 Å². The van der Waals surface area contributed by atoms with Crippen LogP contribution in [0, 0.1) is 11.8 Å². The van der Waals surface area contributed by atoms with Gasteiger partial charge in [0, 0.05) is 6.42 Å². The molecule has 0 fully saturated rings. The molecule has 3 nitrogen and oxygen atoms in total. The van der Waals surface area contributed by atoms with Crippen LogP contribution in [0.3, 0.4) is 0 Å². The molecule has 0 heterocycles. The molecule has 1 rings (SSSR count). The van der Waals surface area contributed by atoms with Crippen molar-refractivity contribution in [3.63, 3.8) is 0 Å². The zero-order chi connectivity index (χ0) is 15.0. The second kappa shape index (κ2) is 8.75. The van der Waals surface area contributed by atoms with Crippen LogP contribution >= 0.6 is 0 Å². The highest BCUT2D eigenvalue weighted by Crippen LogP contribution is 2.18. The highest BCUT2D eigenvalue weighted by Gasteiger charge is 2.17. The Morgan fingerprint density at radius 2 is 1.90 bits per heavy atom. The topological polar surface area (TPSA) is 55.1 Å². The number of benzene rings is 1. The van der Waals surface area contributed by atoms with Crippen LogP contribution in [0.2, 0.25) is 0 Å². The lowest BCUT2D eigenvalue weighted by Crippen LogP contribution is -2.31. The van der Waals surface area contributed by atoms with E-state index in [1.54, 1.807) is 0 Å². The first-order valence-electron chi connectivity index (χ1n) is 7.61. The Hall–Kier alpha value is -1.35. The van der Waals surface area contributed by atoms with Gasteiger partial charge >= 0.3 is 0 Å². The SMILES string of the molecule is CCC(NC(=O)CC(CN)CC(C)C)c1ccccc1. The number of carbonyl (C=O) groups excluding carboxylic acids is 1. The monoisotopic (exact) mass is 276 g/mol. The summed E-state index contributed by atoms with van der Waals surface area (Å²) in [6.07, 6.45) is 2.43. The highest BCUT2D eigenvalue weighted by atomic mass is 16.1. The molecule has 1 aromatic carbocycles. The van der Waals surface area contributed by atoms with Crippen LogP contribution in [-0.2, 0) is 4.79 Å². The lowest BCUT2D eigenvalue weighted by Gasteiger charge is -2.21. The third kappa shape index (κ3) is 5.74. The number of carbonyl (C=O) groups is 1. The second-order valence-corrected chi connectivity index (χ2v) is 5.87. The number of hydrogen-bond donors (Lipinski definition) is 2. The molecule has 0 radical (unpaired) electrons. The molecule has 0 aliphatic rings. The molecular formula is C17H28N2O. The average molecular weight is 276 g/mol. The van der Waals surface area contributed by atoms with Crippen LogP contribution in [0.1, 0.15) is 51.6 Å². The Kier molecular flexibility index (Phi) is 7.31. The first-order valence-corrected chi connectivity index (χ1v) is 7.61. The predicted octanol–water partition coefficient (Wildman–Crippen LogP) is 3.27. The Morgan fingerprint density at radius 3 is 2.40 bits per heavy atom. The van der Waals surface area contributed by atoms with Crippen LogP contribution in [0.25, 0.3) is 0 Å². The van der Waals surface area contributed by atoms with Crippen molar-refractivity contribution in [2.24, 2.45) is 17.6 Å². The first kappa shape index (κ1) is 16.7. The lowest BCUT2D eigenvalue weighted by molar-refractivity contribution is -0.122. The average Bonchev–Trinajstić information content (AvgIpc) is 2.44. The summed E-state index contributed by atoms with van der Waals surface area (Å²) >= 11 is 0. The van der Waals surface area contributed by atoms with Gasteiger partial charge in [-0.1, -0.05) is 51.1 Å². The van der Waals surface area contributed by atoms with Gasteiger partial charge in [-0.3, -0.25) is 4.79 Å². The molecule has 0 aliphatic heterocycles. The first-order chi connectivity index (χ1) is 9.56. The minimum atomic E-state index is 0.0983. The Balaban J connectivity index is 2.55. The molecule has 0 aliphatic carbocycles. The highest BCUT2D eigenvalue weighted by molar-refractivity contribution is 5.76. The summed E-state index contributed by atoms with van der Waals surface area (Å²) < 4.78 is 0. The molecule has 1 amide bonds. The molecule has 0 saturated carbocycles. The van der Waals surface area contributed by atoms with Crippen LogP contribution in [-0.4, -0.2) is 12.5 Å². The predicted molar refractivity (Wildman–Crippen MR) is 84.2 cm³/mol. The fourth-order valence-electron chi connectivity index (χ4n) is 2.55. The van der Waals surface area contributed by atoms with Crippen molar-refractivity contribution in [3.05, 3.63) is 35.9 Å². The maximum absolute atomic E-state index is 12.2. The van der Waals surface area contributed by atoms with Gasteiger partial charge in [-0.05, 0) is 36.8 Å². The summed E-state index contributed by atoms with van der Waals surface area (Å²) in [6.45, 7) is 7.00. The molecule has 112 valence electrons. The van der Waals surface area contributed by atoms with Gasteiger partial charge in [-0.25, -0.2) is 0 Å². The van der Waals surface area contributed by atoms with E-state index in [1.807, 2.05) is 18.2 Å². The lowest BCUT2D eigenvalue weighted by atomic mass is 9.93. The smallest absolute Gasteiger partial charge is 0.220 e. The summed E-state index contributed by atoms with van der Waals surface area (Å²) in [7, 11) is 0. The fourth-order valence-corrected chi connectivity index (χ4v) is 2.55. The van der Waals surface area contributed by atoms with Crippen molar-refractivity contribution in [2.45, 2.75) is 46.1 Å². The minimum Gasteiger partial charge on any atom is -0.349 e. The van der Waals surface area contributed by atoms with E-state index in [1.165, 1.54) is 0 Å². The molecule has 0 bridgehead atoms. The van der Waals surface area contributed by atoms with E-state index in [9.17, 15) is 4.79 Å². The van der Waals surface area contributed by atoms with E-state index >= 15 is 0 Å². The number of nitrogens with two attached hydrogens (primary N) is 1. The molecule has 1 aromatic rings. The maximum atomic E-state index is 12.2. The van der Waals surface area contributed by atoms with Crippen molar-refractivity contribution in [1.29, 1.82) is 0 Å². The van der Waals surface area contributed by atoms with Gasteiger partial charge in [-0.2, -0.15) is 0 Å². The molecule has 0 saturated heterocycles. The van der Waals surface area contributed by atoms with E-state index in [-0.39, 0.29) is 17.9 Å². The van der Waals surface area contributed by atoms with E-state index in [2.05, 4.69) is 38.2 Å². The van der Waals surface area contributed by atoms with E-state index in [0.717, 1.165) is 18.4 Å². The van der Waals surface area contributed by atoms with Crippen molar-refractivity contribution in [2.75, 3.05) is 6.54 Å². The second-order valence-electron chi connectivity index (χ2n) is 5.87. The summed E-state index contributed by atoms with van der Waals surface area (Å²) in [5.74, 6) is 0.965. The van der Waals surface area contributed by atoms with Gasteiger partial charge in [0.2, 0.25) is 5.91 Å². The van der Waals surface area contributed by atoms with Gasteiger partial charge in [0.05, 0.1) is 6.04 Å². The minimum absolute atomic E-state index is 0.0983. The van der Waals surface area contributed by atoms with Crippen molar-refractivity contribution in [3.8, 4) is 0 Å².